The Bertz CT molecular complexity index is 490. The van der Waals surface area contributed by atoms with Gasteiger partial charge in [0.1, 0.15) is 0 Å². The number of hydrogen-bond acceptors (Lipinski definition) is 2. The normalized spacial score (nSPS) is 9.13. The highest BCUT2D eigenvalue weighted by Crippen LogP contribution is 2.15. The molecule has 0 spiro atoms. The molecule has 0 aliphatic rings. The van der Waals surface area contributed by atoms with E-state index in [1.54, 1.807) is 6.20 Å². The molecular weight excluding hydrogens is 184 g/mol. The summed E-state index contributed by atoms with van der Waals surface area (Å²) in [6, 6.07) is 11.6. The standard InChI is InChI=1S/C13H9N2/c1-2-4-11-6-8-12(9-7-11)13-5-3-10-14-15-13/h3,5-10H,1H2. The van der Waals surface area contributed by atoms with Gasteiger partial charge in [-0.15, -0.1) is 0 Å². The molecule has 1 heterocycles. The van der Waals surface area contributed by atoms with Gasteiger partial charge >= 0.3 is 0 Å². The van der Waals surface area contributed by atoms with Gasteiger partial charge in [-0.2, -0.15) is 10.2 Å². The van der Waals surface area contributed by atoms with E-state index in [9.17, 15) is 0 Å². The molecule has 0 amide bonds. The summed E-state index contributed by atoms with van der Waals surface area (Å²) in [5.41, 5.74) is 2.86. The number of nitrogens with zero attached hydrogens (tertiary/aromatic N) is 2. The second-order valence-corrected chi connectivity index (χ2v) is 2.99. The minimum Gasteiger partial charge on any atom is -0.159 e. The van der Waals surface area contributed by atoms with Crippen LogP contribution in [0, 0.1) is 18.8 Å². The fourth-order valence-corrected chi connectivity index (χ4v) is 1.28. The lowest BCUT2D eigenvalue weighted by Gasteiger charge is -1.98. The molecule has 1 aromatic heterocycles. The monoisotopic (exact) mass is 193 g/mol. The van der Waals surface area contributed by atoms with Crippen molar-refractivity contribution in [3.8, 4) is 23.1 Å². The van der Waals surface area contributed by atoms with Crippen molar-refractivity contribution in [3.05, 3.63) is 55.1 Å². The van der Waals surface area contributed by atoms with Gasteiger partial charge in [0, 0.05) is 24.2 Å². The maximum atomic E-state index is 4.03. The predicted octanol–water partition coefficient (Wildman–Crippen LogP) is 2.33. The topological polar surface area (TPSA) is 25.8 Å². The van der Waals surface area contributed by atoms with Crippen molar-refractivity contribution in [2.24, 2.45) is 0 Å². The Kier molecular flexibility index (Phi) is 2.75. The van der Waals surface area contributed by atoms with Crippen molar-refractivity contribution < 1.29 is 0 Å². The van der Waals surface area contributed by atoms with Crippen molar-refractivity contribution in [1.82, 2.24) is 10.2 Å². The molecule has 2 heteroatoms. The van der Waals surface area contributed by atoms with Crippen LogP contribution in [0.5, 0.6) is 0 Å². The highest BCUT2D eigenvalue weighted by atomic mass is 15.1. The SMILES string of the molecule is [CH2]C#Cc1ccc(-c2cccnn2)cc1. The van der Waals surface area contributed by atoms with Gasteiger partial charge in [0.25, 0.3) is 0 Å². The maximum Gasteiger partial charge on any atom is 0.0929 e. The van der Waals surface area contributed by atoms with E-state index in [1.165, 1.54) is 0 Å². The van der Waals surface area contributed by atoms with E-state index in [2.05, 4.69) is 29.0 Å². The van der Waals surface area contributed by atoms with Crippen LogP contribution >= 0.6 is 0 Å². The first kappa shape index (κ1) is 9.42. The molecule has 0 N–H and O–H groups in total. The average molecular weight is 193 g/mol. The molecule has 0 aliphatic carbocycles. The first-order chi connectivity index (χ1) is 7.40. The van der Waals surface area contributed by atoms with E-state index in [-0.39, 0.29) is 0 Å². The summed E-state index contributed by atoms with van der Waals surface area (Å²) in [5.74, 6) is 5.50. The predicted molar refractivity (Wildman–Crippen MR) is 59.7 cm³/mol. The number of aromatic nitrogens is 2. The van der Waals surface area contributed by atoms with E-state index < -0.39 is 0 Å². The molecule has 0 saturated heterocycles. The average Bonchev–Trinajstić information content (AvgIpc) is 2.32. The summed E-state index contributed by atoms with van der Waals surface area (Å²) in [7, 11) is 0. The first-order valence-electron chi connectivity index (χ1n) is 4.56. The van der Waals surface area contributed by atoms with Crippen molar-refractivity contribution in [3.63, 3.8) is 0 Å². The smallest absolute Gasteiger partial charge is 0.0929 e. The van der Waals surface area contributed by atoms with Gasteiger partial charge in [0.2, 0.25) is 0 Å². The highest BCUT2D eigenvalue weighted by Gasteiger charge is 1.97. The van der Waals surface area contributed by atoms with E-state index in [0.717, 1.165) is 16.8 Å². The number of rotatable bonds is 1. The summed E-state index contributed by atoms with van der Waals surface area (Å²) in [6.45, 7) is 3.48. The molecule has 15 heavy (non-hydrogen) atoms. The Morgan fingerprint density at radius 2 is 1.87 bits per heavy atom. The maximum absolute atomic E-state index is 4.03. The second-order valence-electron chi connectivity index (χ2n) is 2.99. The zero-order valence-corrected chi connectivity index (χ0v) is 8.14. The lowest BCUT2D eigenvalue weighted by Crippen LogP contribution is -1.85. The molecule has 2 nitrogen and oxygen atoms in total. The van der Waals surface area contributed by atoms with E-state index >= 15 is 0 Å². The lowest BCUT2D eigenvalue weighted by atomic mass is 10.1. The van der Waals surface area contributed by atoms with Crippen molar-refractivity contribution in [2.45, 2.75) is 0 Å². The zero-order chi connectivity index (χ0) is 10.5. The van der Waals surface area contributed by atoms with Gasteiger partial charge < -0.3 is 0 Å². The van der Waals surface area contributed by atoms with Crippen LogP contribution in [-0.4, -0.2) is 10.2 Å². The van der Waals surface area contributed by atoms with Crippen molar-refractivity contribution in [2.75, 3.05) is 0 Å². The Morgan fingerprint density at radius 3 is 2.47 bits per heavy atom. The lowest BCUT2D eigenvalue weighted by molar-refractivity contribution is 1.04. The van der Waals surface area contributed by atoms with Crippen LogP contribution in [0.2, 0.25) is 0 Å². The minimum absolute atomic E-state index is 0.867. The molecule has 1 radical (unpaired) electrons. The molecule has 2 rings (SSSR count). The summed E-state index contributed by atoms with van der Waals surface area (Å²) >= 11 is 0. The molecule has 0 atom stereocenters. The van der Waals surface area contributed by atoms with Crippen LogP contribution in [0.15, 0.2) is 42.6 Å². The van der Waals surface area contributed by atoms with Crippen LogP contribution in [-0.2, 0) is 0 Å². The molecular formula is C13H9N2. The van der Waals surface area contributed by atoms with Gasteiger partial charge in [-0.1, -0.05) is 24.0 Å². The van der Waals surface area contributed by atoms with Crippen LogP contribution in [0.3, 0.4) is 0 Å². The van der Waals surface area contributed by atoms with Crippen molar-refractivity contribution in [1.29, 1.82) is 0 Å². The third-order valence-corrected chi connectivity index (χ3v) is 1.99. The molecule has 1 aromatic carbocycles. The quantitative estimate of drug-likeness (QED) is 0.649. The Morgan fingerprint density at radius 1 is 1.07 bits per heavy atom. The fourth-order valence-electron chi connectivity index (χ4n) is 1.28. The summed E-state index contributed by atoms with van der Waals surface area (Å²) < 4.78 is 0. The van der Waals surface area contributed by atoms with Crippen LogP contribution < -0.4 is 0 Å². The molecule has 71 valence electrons. The fraction of sp³-hybridized carbons (Fsp3) is 0. The van der Waals surface area contributed by atoms with E-state index in [4.69, 9.17) is 0 Å². The molecule has 0 bridgehead atoms. The Balaban J connectivity index is 2.35. The van der Waals surface area contributed by atoms with Gasteiger partial charge in [-0.3, -0.25) is 0 Å². The van der Waals surface area contributed by atoms with E-state index in [1.807, 2.05) is 36.4 Å². The first-order valence-corrected chi connectivity index (χ1v) is 4.56. The van der Waals surface area contributed by atoms with Crippen molar-refractivity contribution >= 4 is 0 Å². The summed E-state index contributed by atoms with van der Waals surface area (Å²) in [6.07, 6.45) is 1.66. The molecule has 0 aliphatic heterocycles. The Labute approximate surface area is 89.0 Å². The number of hydrogen-bond donors (Lipinski definition) is 0. The van der Waals surface area contributed by atoms with Gasteiger partial charge in [-0.05, 0) is 24.3 Å². The minimum atomic E-state index is 0.867. The third-order valence-electron chi connectivity index (χ3n) is 1.99. The second kappa shape index (κ2) is 4.39. The highest BCUT2D eigenvalue weighted by molar-refractivity contribution is 5.59. The molecule has 2 aromatic rings. The molecule has 0 fully saturated rings. The van der Waals surface area contributed by atoms with Crippen LogP contribution in [0.4, 0.5) is 0 Å². The van der Waals surface area contributed by atoms with E-state index in [0.29, 0.717) is 0 Å². The zero-order valence-electron chi connectivity index (χ0n) is 8.14. The summed E-state index contributed by atoms with van der Waals surface area (Å²) in [5, 5.41) is 7.86. The molecule has 0 saturated carbocycles. The number of benzene rings is 1. The third kappa shape index (κ3) is 2.21. The Hall–Kier alpha value is -2.14. The van der Waals surface area contributed by atoms with Gasteiger partial charge in [0.05, 0.1) is 5.69 Å². The van der Waals surface area contributed by atoms with Gasteiger partial charge in [-0.25, -0.2) is 0 Å². The van der Waals surface area contributed by atoms with Crippen LogP contribution in [0.25, 0.3) is 11.3 Å². The summed E-state index contributed by atoms with van der Waals surface area (Å²) in [4.78, 5) is 0. The van der Waals surface area contributed by atoms with Gasteiger partial charge in [0.15, 0.2) is 0 Å². The molecule has 0 unspecified atom stereocenters. The van der Waals surface area contributed by atoms with Crippen LogP contribution in [0.1, 0.15) is 5.56 Å². The largest absolute Gasteiger partial charge is 0.159 e.